The maximum absolute atomic E-state index is 14.4. The van der Waals surface area contributed by atoms with E-state index in [1.807, 2.05) is 18.7 Å². The van der Waals surface area contributed by atoms with Crippen LogP contribution in [0.3, 0.4) is 0 Å². The smallest absolute Gasteiger partial charge is 0.328 e. The molecule has 10 aliphatic rings. The second-order valence-corrected chi connectivity index (χ2v) is 33.5. The summed E-state index contributed by atoms with van der Waals surface area (Å²) in [5.74, 6) is -3.76. The number of nitrogens with zero attached hydrogens (tertiary/aromatic N) is 8. The highest BCUT2D eigenvalue weighted by atomic mass is 16.7. The van der Waals surface area contributed by atoms with Gasteiger partial charge in [0.15, 0.2) is 18.7 Å². The highest BCUT2D eigenvalue weighted by molar-refractivity contribution is 5.81. The number of carbonyl (C=O) groups excluding carboxylic acids is 4. The largest absolute Gasteiger partial charge is 0.458 e. The Labute approximate surface area is 643 Å². The molecule has 28 atom stereocenters. The highest BCUT2D eigenvalue weighted by Gasteiger charge is 2.55. The molecule has 0 spiro atoms. The molecule has 0 bridgehead atoms. The van der Waals surface area contributed by atoms with Crippen LogP contribution in [0.25, 0.3) is 0 Å². The third-order valence-corrected chi connectivity index (χ3v) is 25.5. The lowest BCUT2D eigenvalue weighted by atomic mass is 9.70. The fourth-order valence-corrected chi connectivity index (χ4v) is 18.8. The zero-order valence-electron chi connectivity index (χ0n) is 64.4. The summed E-state index contributed by atoms with van der Waals surface area (Å²) in [6.45, 7) is 7.88. The number of rotatable bonds is 33. The molecule has 10 N–H and O–H groups in total. The fourth-order valence-electron chi connectivity index (χ4n) is 18.8. The molecule has 7 heterocycles. The predicted molar refractivity (Wildman–Crippen MR) is 384 cm³/mol. The van der Waals surface area contributed by atoms with E-state index in [-0.39, 0.29) is 87.7 Å². The Hall–Kier alpha value is -4.60. The van der Waals surface area contributed by atoms with Crippen molar-refractivity contribution in [2.75, 3.05) is 52.6 Å². The van der Waals surface area contributed by atoms with Gasteiger partial charge < -0.3 is 113 Å². The van der Waals surface area contributed by atoms with Crippen LogP contribution in [0.4, 0.5) is 0 Å². The molecule has 2 aromatic heterocycles. The molecule has 110 heavy (non-hydrogen) atoms. The first kappa shape index (κ1) is 84.8. The molecule has 33 heteroatoms. The van der Waals surface area contributed by atoms with E-state index in [0.29, 0.717) is 69.2 Å². The summed E-state index contributed by atoms with van der Waals surface area (Å²) >= 11 is 0. The molecule has 2 aromatic rings. The summed E-state index contributed by atoms with van der Waals surface area (Å²) in [7, 11) is 0. The minimum atomic E-state index is -1.56. The number of aromatic nitrogens is 6. The number of aliphatic hydroxyl groups is 10. The van der Waals surface area contributed by atoms with Crippen molar-refractivity contribution in [1.29, 1.82) is 0 Å². The van der Waals surface area contributed by atoms with Crippen molar-refractivity contribution in [2.45, 2.75) is 336 Å². The molecule has 10 fully saturated rings. The minimum Gasteiger partial charge on any atom is -0.458 e. The first-order valence-corrected chi connectivity index (χ1v) is 41.2. The van der Waals surface area contributed by atoms with E-state index in [1.165, 1.54) is 15.6 Å². The van der Waals surface area contributed by atoms with Gasteiger partial charge in [-0.05, 0) is 114 Å². The maximum Gasteiger partial charge on any atom is 0.328 e. The summed E-state index contributed by atoms with van der Waals surface area (Å²) in [4.78, 5) is 61.1. The molecule has 33 nitrogen and oxygen atoms in total. The lowest BCUT2D eigenvalue weighted by molar-refractivity contribution is -0.321. The van der Waals surface area contributed by atoms with Crippen LogP contribution in [0.2, 0.25) is 0 Å². The molecule has 2 amide bonds. The van der Waals surface area contributed by atoms with Gasteiger partial charge in [-0.1, -0.05) is 101 Å². The van der Waals surface area contributed by atoms with Crippen LogP contribution in [0.5, 0.6) is 0 Å². The number of aliphatic hydroxyl groups excluding tert-OH is 10. The Balaban J connectivity index is 0.671. The van der Waals surface area contributed by atoms with Gasteiger partial charge in [0.25, 0.3) is 5.91 Å². The van der Waals surface area contributed by atoms with Crippen molar-refractivity contribution in [1.82, 2.24) is 39.8 Å². The van der Waals surface area contributed by atoms with Gasteiger partial charge in [-0.15, -0.1) is 10.2 Å². The molecule has 0 radical (unpaired) electrons. The van der Waals surface area contributed by atoms with E-state index in [0.717, 1.165) is 103 Å². The van der Waals surface area contributed by atoms with E-state index in [4.69, 9.17) is 52.1 Å². The number of ether oxygens (including phenoxy) is 11. The van der Waals surface area contributed by atoms with Crippen molar-refractivity contribution >= 4 is 23.8 Å². The van der Waals surface area contributed by atoms with Gasteiger partial charge >= 0.3 is 11.9 Å². The molecule has 2 unspecified atom stereocenters. The van der Waals surface area contributed by atoms with Crippen LogP contribution in [0, 0.1) is 47.3 Å². The standard InChI is InChI=1S/C77H124N8O25/c1-42-15-11-21-48(69(42)109-76-67(96)65(94)61(90)44(3)102-76)32-56-72(73(64(93)58(39-87)105-56)106-57(75(99)83-25-14-26-83)30-47-19-9-6-10-20-47)108-60(89)37-85-35-52(79-81-85)41-101-28-27-100-40-51-34-84(80-78-51)36-59(88)107-71-53(31-49(74(98)82-23-13-24-82)29-46-17-7-5-8-18-46)63(92)50(38-86)33-55(71)104-54-22-12-16-43(2)70(54)110-77-68(97)66(95)62(91)45(4)103-77/h34-35,42-50,53-58,61-73,76-77,86-87,90-97H,5-33,36-41H2,1-4H3/t42-,43-,44-,45-,48?,49+,50+,53-,54+,55+,56-,57-,58+,61+,62+,63?,64-,65+,66+,67-,68-,69+,70+,71+,72-,73-,76-,77-/m0/s1. The molecule has 622 valence electrons. The molecule has 12 rings (SSSR count). The Morgan fingerprint density at radius 1 is 0.482 bits per heavy atom. The third-order valence-electron chi connectivity index (χ3n) is 25.5. The second-order valence-electron chi connectivity index (χ2n) is 33.5. The first-order chi connectivity index (χ1) is 53.0. The number of hydrogen-bond donors (Lipinski definition) is 10. The Morgan fingerprint density at radius 2 is 1.01 bits per heavy atom. The number of carbonyl (C=O) groups is 4. The second kappa shape index (κ2) is 39.8. The van der Waals surface area contributed by atoms with Gasteiger partial charge in [-0.3, -0.25) is 19.2 Å². The molecule has 5 aliphatic heterocycles. The van der Waals surface area contributed by atoms with Crippen molar-refractivity contribution in [2.24, 2.45) is 47.3 Å². The molecule has 5 saturated carbocycles. The SMILES string of the molecule is C[C@@H]1O[C@@H](O[C@@H]2[C@@H](C)CCC[C@H]2O[C@@H]2C[C@H](CO)C(O)[C@H](C[C@@H](CC3CCCCC3)C(=O)N3CCC3)[C@H]2OC(=O)Cn2cc(COCCOCc3cn(CC(=O)O[C@@H]4[C@@H](O[C@@H](CC5CCCCC5)C(=O)N5CCC5)[C@@H](O)[C@@H](CO)O[C@H]4CC4CCC[C@H](C)[C@H]4O[C@@H]4O[C@@H](C)[C@@H](O)[C@@H](O)[C@@H]4O)nn3)nn2)[C@@H](O)[C@H](O)[C@@H]1O. The van der Waals surface area contributed by atoms with Crippen LogP contribution in [-0.2, 0) is 97.6 Å². The molecular formula is C77H124N8O25. The normalized spacial score (nSPS) is 38.1. The van der Waals surface area contributed by atoms with Crippen LogP contribution < -0.4 is 0 Å². The molecule has 5 aliphatic carbocycles. The van der Waals surface area contributed by atoms with E-state index in [1.54, 1.807) is 24.9 Å². The Morgan fingerprint density at radius 3 is 1.55 bits per heavy atom. The van der Waals surface area contributed by atoms with Crippen molar-refractivity contribution < 1.29 is 122 Å². The molecule has 5 saturated heterocycles. The van der Waals surface area contributed by atoms with Gasteiger partial charge in [0.1, 0.15) is 91.6 Å². The van der Waals surface area contributed by atoms with Gasteiger partial charge in [0, 0.05) is 50.5 Å². The van der Waals surface area contributed by atoms with Gasteiger partial charge in [-0.25, -0.2) is 9.36 Å². The molecular weight excluding hydrogens is 1440 g/mol. The van der Waals surface area contributed by atoms with E-state index in [9.17, 15) is 70.2 Å². The summed E-state index contributed by atoms with van der Waals surface area (Å²) in [5, 5.41) is 127. The van der Waals surface area contributed by atoms with Crippen LogP contribution in [-0.4, -0.2) is 302 Å². The molecule has 0 aromatic carbocycles. The number of hydrogen-bond acceptors (Lipinski definition) is 29. The first-order valence-electron chi connectivity index (χ1n) is 41.2. The maximum atomic E-state index is 14.4. The number of likely N-dealkylation sites (tertiary alicyclic amines) is 2. The van der Waals surface area contributed by atoms with E-state index >= 15 is 0 Å². The lowest BCUT2D eigenvalue weighted by Crippen LogP contribution is -2.63. The minimum absolute atomic E-state index is 0.00694. The zero-order chi connectivity index (χ0) is 77.9. The topological polar surface area (TPSA) is 440 Å². The predicted octanol–water partition coefficient (Wildman–Crippen LogP) is 1.53. The summed E-state index contributed by atoms with van der Waals surface area (Å²) < 4.78 is 72.4. The average Bonchev–Trinajstić information content (AvgIpc) is 0.901. The number of esters is 2. The van der Waals surface area contributed by atoms with Gasteiger partial charge in [0.2, 0.25) is 5.91 Å². The van der Waals surface area contributed by atoms with Crippen molar-refractivity contribution in [3.05, 3.63) is 23.8 Å². The quantitative estimate of drug-likeness (QED) is 0.0358. The van der Waals surface area contributed by atoms with Crippen molar-refractivity contribution in [3.8, 4) is 0 Å². The van der Waals surface area contributed by atoms with Crippen LogP contribution in [0.1, 0.15) is 187 Å². The van der Waals surface area contributed by atoms with Crippen LogP contribution in [0.15, 0.2) is 12.4 Å². The van der Waals surface area contributed by atoms with Crippen LogP contribution >= 0.6 is 0 Å². The van der Waals surface area contributed by atoms with Gasteiger partial charge in [0.05, 0.1) is 94.3 Å². The highest BCUT2D eigenvalue weighted by Crippen LogP contribution is 2.45. The summed E-state index contributed by atoms with van der Waals surface area (Å²) in [5.41, 5.74) is 0.758. The fraction of sp³-hybridized carbons (Fsp3) is 0.896. The summed E-state index contributed by atoms with van der Waals surface area (Å²) in [6, 6.07) is 0. The van der Waals surface area contributed by atoms with Gasteiger partial charge in [-0.2, -0.15) is 0 Å². The Bertz CT molecular complexity index is 2990. The van der Waals surface area contributed by atoms with E-state index in [2.05, 4.69) is 20.6 Å². The zero-order valence-corrected chi connectivity index (χ0v) is 64.4. The van der Waals surface area contributed by atoms with E-state index < -0.39 is 184 Å². The monoisotopic (exact) mass is 1560 g/mol. The summed E-state index contributed by atoms with van der Waals surface area (Å²) in [6.07, 6.45) is -4.86. The average molecular weight is 1560 g/mol. The van der Waals surface area contributed by atoms with Crippen molar-refractivity contribution in [3.63, 3.8) is 0 Å². The third kappa shape index (κ3) is 21.2. The number of amides is 2. The lowest BCUT2D eigenvalue weighted by Gasteiger charge is -2.48. The Kier molecular flexibility index (Phi) is 30.7.